The minimum Gasteiger partial charge on any atom is -0.360 e. The van der Waals surface area contributed by atoms with Crippen LogP contribution in [0.25, 0.3) is 11.0 Å². The molecule has 0 aliphatic carbocycles. The molecule has 3 heterocycles. The minimum atomic E-state index is 0.623. The molecule has 0 aromatic carbocycles. The molecule has 0 bridgehead atoms. The van der Waals surface area contributed by atoms with Crippen LogP contribution in [0.5, 0.6) is 0 Å². The highest BCUT2D eigenvalue weighted by Crippen LogP contribution is 2.20. The number of nitrogens with one attached hydrogen (secondary N) is 1. The van der Waals surface area contributed by atoms with Crippen molar-refractivity contribution in [3.05, 3.63) is 36.5 Å². The van der Waals surface area contributed by atoms with E-state index in [1.807, 2.05) is 25.4 Å². The Labute approximate surface area is 97.1 Å². The number of fused-ring (bicyclic) bond motifs is 1. The van der Waals surface area contributed by atoms with Crippen LogP contribution in [0, 0.1) is 0 Å². The number of hydrogen-bond donors (Lipinski definition) is 1. The van der Waals surface area contributed by atoms with Gasteiger partial charge in [0.15, 0.2) is 11.5 Å². The summed E-state index contributed by atoms with van der Waals surface area (Å²) in [6.45, 7) is 0. The molecule has 0 aliphatic rings. The van der Waals surface area contributed by atoms with Gasteiger partial charge < -0.3 is 4.98 Å². The molecular formula is C11H10N6. The van der Waals surface area contributed by atoms with Crippen molar-refractivity contribution in [3.63, 3.8) is 0 Å². The van der Waals surface area contributed by atoms with E-state index in [-0.39, 0.29) is 0 Å². The molecule has 3 rings (SSSR count). The molecule has 0 fully saturated rings. The van der Waals surface area contributed by atoms with Gasteiger partial charge >= 0.3 is 0 Å². The van der Waals surface area contributed by atoms with Crippen molar-refractivity contribution >= 4 is 23.1 Å². The van der Waals surface area contributed by atoms with Gasteiger partial charge in [-0.1, -0.05) is 0 Å². The molecule has 0 radical (unpaired) electrons. The first-order valence-corrected chi connectivity index (χ1v) is 5.15. The Kier molecular flexibility index (Phi) is 2.18. The fourth-order valence-corrected chi connectivity index (χ4v) is 1.61. The average molecular weight is 226 g/mol. The van der Waals surface area contributed by atoms with E-state index in [2.05, 4.69) is 25.0 Å². The van der Waals surface area contributed by atoms with Crippen molar-refractivity contribution in [1.82, 2.24) is 24.7 Å². The zero-order valence-corrected chi connectivity index (χ0v) is 9.20. The average Bonchev–Trinajstić information content (AvgIpc) is 2.97. The zero-order valence-electron chi connectivity index (χ0n) is 9.20. The van der Waals surface area contributed by atoms with Gasteiger partial charge in [0.2, 0.25) is 0 Å². The lowest BCUT2D eigenvalue weighted by Crippen LogP contribution is -1.91. The second-order valence-corrected chi connectivity index (χ2v) is 3.59. The van der Waals surface area contributed by atoms with Crippen LogP contribution < -0.4 is 0 Å². The lowest BCUT2D eigenvalue weighted by Gasteiger charge is -1.95. The number of H-pyrrole nitrogens is 1. The van der Waals surface area contributed by atoms with Gasteiger partial charge in [-0.2, -0.15) is 5.10 Å². The Bertz CT molecular complexity index is 664. The molecule has 1 N–H and O–H groups in total. The molecule has 3 aromatic heterocycles. The highest BCUT2D eigenvalue weighted by Gasteiger charge is 2.05. The topological polar surface area (TPSA) is 71.8 Å². The summed E-state index contributed by atoms with van der Waals surface area (Å²) in [5.74, 6) is 0.623. The summed E-state index contributed by atoms with van der Waals surface area (Å²) < 4.78 is 1.70. The molecule has 0 atom stereocenters. The van der Waals surface area contributed by atoms with Gasteiger partial charge in [0.25, 0.3) is 0 Å². The molecule has 0 saturated heterocycles. The Hall–Kier alpha value is -2.50. The summed E-state index contributed by atoms with van der Waals surface area (Å²) in [4.78, 5) is 15.7. The van der Waals surface area contributed by atoms with Gasteiger partial charge in [0.05, 0.1) is 23.5 Å². The molecule has 3 aromatic rings. The summed E-state index contributed by atoms with van der Waals surface area (Å²) in [7, 11) is 1.84. The Morgan fingerprint density at radius 3 is 3.18 bits per heavy atom. The summed E-state index contributed by atoms with van der Waals surface area (Å²) in [6, 6.07) is 3.85. The summed E-state index contributed by atoms with van der Waals surface area (Å²) >= 11 is 0. The predicted molar refractivity (Wildman–Crippen MR) is 64.4 cm³/mol. The lowest BCUT2D eigenvalue weighted by molar-refractivity contribution is 0.785. The monoisotopic (exact) mass is 226 g/mol. The normalized spacial score (nSPS) is 11.6. The van der Waals surface area contributed by atoms with Crippen molar-refractivity contribution in [2.24, 2.45) is 12.0 Å². The predicted octanol–water partition coefficient (Wildman–Crippen LogP) is 1.44. The van der Waals surface area contributed by atoms with E-state index in [1.54, 1.807) is 17.1 Å². The van der Waals surface area contributed by atoms with Crippen molar-refractivity contribution in [3.8, 4) is 0 Å². The molecule has 6 heteroatoms. The van der Waals surface area contributed by atoms with E-state index in [1.165, 1.54) is 6.33 Å². The summed E-state index contributed by atoms with van der Waals surface area (Å²) in [5, 5.41) is 4.98. The second-order valence-electron chi connectivity index (χ2n) is 3.59. The minimum absolute atomic E-state index is 0.623. The van der Waals surface area contributed by atoms with Crippen LogP contribution >= 0.6 is 0 Å². The molecule has 84 valence electrons. The van der Waals surface area contributed by atoms with Gasteiger partial charge in [-0.15, -0.1) is 0 Å². The number of aliphatic imine (C=N–C) groups is 1. The summed E-state index contributed by atoms with van der Waals surface area (Å²) in [6.07, 6.45) is 6.79. The first-order valence-electron chi connectivity index (χ1n) is 5.15. The maximum absolute atomic E-state index is 4.33. The third-order valence-corrected chi connectivity index (χ3v) is 2.46. The molecule has 6 nitrogen and oxygen atoms in total. The van der Waals surface area contributed by atoms with Crippen LogP contribution in [0.3, 0.4) is 0 Å². The van der Waals surface area contributed by atoms with Crippen LogP contribution in [0.15, 0.2) is 35.8 Å². The van der Waals surface area contributed by atoms with E-state index < -0.39 is 0 Å². The SMILES string of the molecule is Cn1ncc2c(/N=C\c3ccc[nH]3)ncnc21. The number of nitrogens with zero attached hydrogens (tertiary/aromatic N) is 5. The lowest BCUT2D eigenvalue weighted by atomic mass is 10.4. The summed E-state index contributed by atoms with van der Waals surface area (Å²) in [5.41, 5.74) is 1.71. The van der Waals surface area contributed by atoms with Gasteiger partial charge in [-0.25, -0.2) is 15.0 Å². The third-order valence-electron chi connectivity index (χ3n) is 2.46. The maximum atomic E-state index is 4.33. The van der Waals surface area contributed by atoms with Gasteiger partial charge in [0, 0.05) is 13.2 Å². The van der Waals surface area contributed by atoms with Crippen LogP contribution in [-0.2, 0) is 7.05 Å². The highest BCUT2D eigenvalue weighted by molar-refractivity contribution is 5.88. The maximum Gasteiger partial charge on any atom is 0.166 e. The molecule has 0 unspecified atom stereocenters. The Morgan fingerprint density at radius 1 is 1.41 bits per heavy atom. The molecule has 0 amide bonds. The molecular weight excluding hydrogens is 216 g/mol. The number of aromatic amines is 1. The van der Waals surface area contributed by atoms with Gasteiger partial charge in [-0.05, 0) is 12.1 Å². The second kappa shape index (κ2) is 3.82. The van der Waals surface area contributed by atoms with Crippen molar-refractivity contribution in [2.75, 3.05) is 0 Å². The molecule has 17 heavy (non-hydrogen) atoms. The number of aryl methyl sites for hydroxylation is 1. The standard InChI is InChI=1S/C11H10N6/c1-17-11-9(6-16-17)10(14-7-15-11)13-5-8-3-2-4-12-8/h2-7,12H,1H3/b13-5-. The van der Waals surface area contributed by atoms with Crippen LogP contribution in [-0.4, -0.2) is 30.9 Å². The smallest absolute Gasteiger partial charge is 0.166 e. The van der Waals surface area contributed by atoms with Crippen LogP contribution in [0.1, 0.15) is 5.69 Å². The van der Waals surface area contributed by atoms with E-state index >= 15 is 0 Å². The molecule has 0 spiro atoms. The van der Waals surface area contributed by atoms with Crippen LogP contribution in [0.2, 0.25) is 0 Å². The van der Waals surface area contributed by atoms with E-state index in [9.17, 15) is 0 Å². The van der Waals surface area contributed by atoms with Crippen molar-refractivity contribution < 1.29 is 0 Å². The fourth-order valence-electron chi connectivity index (χ4n) is 1.61. The highest BCUT2D eigenvalue weighted by atomic mass is 15.3. The zero-order chi connectivity index (χ0) is 11.7. The number of rotatable bonds is 2. The largest absolute Gasteiger partial charge is 0.360 e. The third kappa shape index (κ3) is 1.69. The quantitative estimate of drug-likeness (QED) is 0.672. The van der Waals surface area contributed by atoms with E-state index in [0.717, 1.165) is 16.7 Å². The first-order chi connectivity index (χ1) is 8.34. The van der Waals surface area contributed by atoms with Gasteiger partial charge in [-0.3, -0.25) is 4.68 Å². The first kappa shape index (κ1) is 9.71. The Balaban J connectivity index is 2.06. The molecule has 0 saturated carbocycles. The van der Waals surface area contributed by atoms with E-state index in [4.69, 9.17) is 0 Å². The number of aromatic nitrogens is 5. The van der Waals surface area contributed by atoms with Gasteiger partial charge in [0.1, 0.15) is 6.33 Å². The van der Waals surface area contributed by atoms with Crippen LogP contribution in [0.4, 0.5) is 5.82 Å². The van der Waals surface area contributed by atoms with E-state index in [0.29, 0.717) is 5.82 Å². The number of hydrogen-bond acceptors (Lipinski definition) is 4. The van der Waals surface area contributed by atoms with Crippen molar-refractivity contribution in [1.29, 1.82) is 0 Å². The van der Waals surface area contributed by atoms with Crippen molar-refractivity contribution in [2.45, 2.75) is 0 Å². The fraction of sp³-hybridized carbons (Fsp3) is 0.0909. The Morgan fingerprint density at radius 2 is 2.35 bits per heavy atom. The molecule has 0 aliphatic heterocycles.